The smallest absolute Gasteiger partial charge is 0.227 e. The summed E-state index contributed by atoms with van der Waals surface area (Å²) < 4.78 is 17.4. The van der Waals surface area contributed by atoms with E-state index in [-0.39, 0.29) is 36.9 Å². The summed E-state index contributed by atoms with van der Waals surface area (Å²) in [5.41, 5.74) is 6.99. The number of benzene rings is 1. The van der Waals surface area contributed by atoms with Crippen LogP contribution < -0.4 is 15.8 Å². The van der Waals surface area contributed by atoms with Crippen molar-refractivity contribution in [3.05, 3.63) is 24.3 Å². The average molecular weight is 357 g/mol. The number of alkyl halides is 1. The van der Waals surface area contributed by atoms with Crippen molar-refractivity contribution in [3.63, 3.8) is 0 Å². The number of halogens is 2. The Kier molecular flexibility index (Phi) is 6.87. The van der Waals surface area contributed by atoms with Crippen LogP contribution in [0.25, 0.3) is 0 Å². The van der Waals surface area contributed by atoms with E-state index < -0.39 is 6.67 Å². The van der Waals surface area contributed by atoms with Gasteiger partial charge in [-0.15, -0.1) is 12.4 Å². The van der Waals surface area contributed by atoms with Gasteiger partial charge in [0.25, 0.3) is 0 Å². The Hall–Kier alpha value is -1.33. The fraction of sp³-hybridized carbons (Fsp3) is 0.611. The lowest BCUT2D eigenvalue weighted by Gasteiger charge is -2.43. The number of anilines is 1. The number of carbonyl (C=O) groups excluding carboxylic acids is 1. The summed E-state index contributed by atoms with van der Waals surface area (Å²) in [6.45, 7) is -0.497. The molecule has 2 saturated carbocycles. The molecule has 0 radical (unpaired) electrons. The molecule has 0 spiro atoms. The van der Waals surface area contributed by atoms with Gasteiger partial charge in [-0.1, -0.05) is 12.5 Å². The van der Waals surface area contributed by atoms with Gasteiger partial charge in [-0.05, 0) is 49.7 Å². The predicted molar refractivity (Wildman–Crippen MR) is 95.3 cm³/mol. The number of hydrogen-bond acceptors (Lipinski definition) is 3. The van der Waals surface area contributed by atoms with Gasteiger partial charge in [0.15, 0.2) is 0 Å². The summed E-state index contributed by atoms with van der Waals surface area (Å²) >= 11 is 0. The van der Waals surface area contributed by atoms with Crippen molar-refractivity contribution < 1.29 is 13.9 Å². The average Bonchev–Trinajstić information content (AvgIpc) is 2.53. The van der Waals surface area contributed by atoms with Crippen LogP contribution in [-0.4, -0.2) is 25.2 Å². The van der Waals surface area contributed by atoms with Gasteiger partial charge in [-0.3, -0.25) is 4.79 Å². The lowest BCUT2D eigenvalue weighted by molar-refractivity contribution is -0.122. The van der Waals surface area contributed by atoms with Crippen molar-refractivity contribution in [2.75, 3.05) is 18.6 Å². The Labute approximate surface area is 148 Å². The first-order chi connectivity index (χ1) is 11.2. The summed E-state index contributed by atoms with van der Waals surface area (Å²) in [6, 6.07) is 7.40. The van der Waals surface area contributed by atoms with E-state index in [0.717, 1.165) is 25.7 Å². The van der Waals surface area contributed by atoms with E-state index in [2.05, 4.69) is 5.32 Å². The lowest BCUT2D eigenvalue weighted by Crippen LogP contribution is -2.48. The minimum atomic E-state index is -0.526. The number of carbonyl (C=O) groups is 1. The predicted octanol–water partition coefficient (Wildman–Crippen LogP) is 3.55. The number of ether oxygens (including phenoxy) is 1. The summed E-state index contributed by atoms with van der Waals surface area (Å²) in [5.74, 6) is 1.65. The Morgan fingerprint density at radius 2 is 2.00 bits per heavy atom. The van der Waals surface area contributed by atoms with Crippen molar-refractivity contribution in [1.82, 2.24) is 0 Å². The standard InChI is InChI=1S/C18H25FN2O2.ClH/c19-7-8-23-16-6-2-5-15(11-16)21-18(22)14-9-12-3-1-4-13(10-14)17(12)20;/h2,5-6,11-14,17H,1,3-4,7-10,20H2,(H,21,22);1H. The number of hydrogen-bond donors (Lipinski definition) is 2. The molecule has 2 fully saturated rings. The second-order valence-electron chi connectivity index (χ2n) is 6.75. The Morgan fingerprint density at radius 1 is 1.29 bits per heavy atom. The van der Waals surface area contributed by atoms with Crippen LogP contribution in [0.2, 0.25) is 0 Å². The third-order valence-electron chi connectivity index (χ3n) is 5.23. The maximum Gasteiger partial charge on any atom is 0.227 e. The summed E-state index contributed by atoms with van der Waals surface area (Å²) in [7, 11) is 0. The zero-order valence-electron chi connectivity index (χ0n) is 13.7. The largest absolute Gasteiger partial charge is 0.491 e. The topological polar surface area (TPSA) is 64.4 Å². The molecule has 0 heterocycles. The first kappa shape index (κ1) is 19.0. The van der Waals surface area contributed by atoms with Crippen LogP contribution in [0.4, 0.5) is 10.1 Å². The van der Waals surface area contributed by atoms with Crippen LogP contribution >= 0.6 is 12.4 Å². The SMILES string of the molecule is Cl.NC1C2CCCC1CC(C(=O)Nc1cccc(OCCF)c1)C2. The van der Waals surface area contributed by atoms with Crippen LogP contribution in [0, 0.1) is 17.8 Å². The maximum absolute atomic E-state index is 12.6. The van der Waals surface area contributed by atoms with Crippen LogP contribution in [0.1, 0.15) is 32.1 Å². The molecule has 0 aromatic heterocycles. The molecule has 24 heavy (non-hydrogen) atoms. The highest BCUT2D eigenvalue weighted by atomic mass is 35.5. The van der Waals surface area contributed by atoms with E-state index in [1.165, 1.54) is 6.42 Å². The van der Waals surface area contributed by atoms with Crippen molar-refractivity contribution in [1.29, 1.82) is 0 Å². The fourth-order valence-electron chi connectivity index (χ4n) is 4.07. The molecule has 1 aromatic carbocycles. The summed E-state index contributed by atoms with van der Waals surface area (Å²) in [4.78, 5) is 12.6. The summed E-state index contributed by atoms with van der Waals surface area (Å²) in [6.07, 6.45) is 5.32. The zero-order valence-corrected chi connectivity index (χ0v) is 14.6. The molecule has 0 aliphatic heterocycles. The van der Waals surface area contributed by atoms with Gasteiger partial charge in [0.1, 0.15) is 19.0 Å². The minimum Gasteiger partial charge on any atom is -0.491 e. The third-order valence-corrected chi connectivity index (χ3v) is 5.23. The lowest BCUT2D eigenvalue weighted by atomic mass is 9.65. The first-order valence-corrected chi connectivity index (χ1v) is 8.52. The molecule has 2 aliphatic carbocycles. The molecule has 4 nitrogen and oxygen atoms in total. The van der Waals surface area contributed by atoms with E-state index in [1.54, 1.807) is 18.2 Å². The maximum atomic E-state index is 12.6. The highest BCUT2D eigenvalue weighted by Gasteiger charge is 2.40. The molecular formula is C18H26ClFN2O2. The molecule has 1 aromatic rings. The van der Waals surface area contributed by atoms with Gasteiger partial charge in [0, 0.05) is 23.7 Å². The summed E-state index contributed by atoms with van der Waals surface area (Å²) in [5, 5.41) is 2.98. The number of rotatable bonds is 5. The van der Waals surface area contributed by atoms with Crippen molar-refractivity contribution in [2.24, 2.45) is 23.5 Å². The normalized spacial score (nSPS) is 28.6. The first-order valence-electron chi connectivity index (χ1n) is 8.52. The van der Waals surface area contributed by atoms with Crippen molar-refractivity contribution in [3.8, 4) is 5.75 Å². The number of nitrogens with one attached hydrogen (secondary N) is 1. The van der Waals surface area contributed by atoms with Gasteiger partial charge in [-0.2, -0.15) is 0 Å². The molecule has 3 N–H and O–H groups in total. The van der Waals surface area contributed by atoms with E-state index >= 15 is 0 Å². The highest BCUT2D eigenvalue weighted by molar-refractivity contribution is 5.92. The van der Waals surface area contributed by atoms with Gasteiger partial charge in [0.2, 0.25) is 5.91 Å². The van der Waals surface area contributed by atoms with Crippen LogP contribution in [0.5, 0.6) is 5.75 Å². The second kappa shape index (κ2) is 8.67. The Bertz CT molecular complexity index is 544. The number of amides is 1. The van der Waals surface area contributed by atoms with Crippen LogP contribution in [-0.2, 0) is 4.79 Å². The molecule has 2 atom stereocenters. The molecule has 2 bridgehead atoms. The van der Waals surface area contributed by atoms with E-state index in [9.17, 15) is 9.18 Å². The third kappa shape index (κ3) is 4.39. The number of nitrogens with two attached hydrogens (primary N) is 1. The molecule has 1 amide bonds. The van der Waals surface area contributed by atoms with Gasteiger partial charge in [0.05, 0.1) is 0 Å². The van der Waals surface area contributed by atoms with Gasteiger partial charge >= 0.3 is 0 Å². The monoisotopic (exact) mass is 356 g/mol. The molecule has 2 unspecified atom stereocenters. The van der Waals surface area contributed by atoms with E-state index in [4.69, 9.17) is 10.5 Å². The van der Waals surface area contributed by atoms with E-state index in [1.807, 2.05) is 6.07 Å². The van der Waals surface area contributed by atoms with E-state index in [0.29, 0.717) is 23.3 Å². The molecular weight excluding hydrogens is 331 g/mol. The molecule has 3 rings (SSSR count). The molecule has 2 aliphatic rings. The van der Waals surface area contributed by atoms with Crippen molar-refractivity contribution in [2.45, 2.75) is 38.1 Å². The molecule has 6 heteroatoms. The number of fused-ring (bicyclic) bond motifs is 2. The fourth-order valence-corrected chi connectivity index (χ4v) is 4.07. The Balaban J connectivity index is 0.00000208. The minimum absolute atomic E-state index is 0. The van der Waals surface area contributed by atoms with Gasteiger partial charge < -0.3 is 15.8 Å². The van der Waals surface area contributed by atoms with Crippen LogP contribution in [0.3, 0.4) is 0 Å². The highest BCUT2D eigenvalue weighted by Crippen LogP contribution is 2.42. The zero-order chi connectivity index (χ0) is 16.2. The van der Waals surface area contributed by atoms with Crippen molar-refractivity contribution >= 4 is 24.0 Å². The second-order valence-corrected chi connectivity index (χ2v) is 6.75. The van der Waals surface area contributed by atoms with Gasteiger partial charge in [-0.25, -0.2) is 4.39 Å². The Morgan fingerprint density at radius 3 is 2.67 bits per heavy atom. The quantitative estimate of drug-likeness (QED) is 0.848. The van der Waals surface area contributed by atoms with Crippen LogP contribution in [0.15, 0.2) is 24.3 Å². The molecule has 134 valence electrons. The molecule has 0 saturated heterocycles.